The van der Waals surface area contributed by atoms with E-state index in [4.69, 9.17) is 5.73 Å². The Labute approximate surface area is 106 Å². The normalized spacial score (nSPS) is 14.6. The molecule has 0 aliphatic rings. The topological polar surface area (TPSA) is 26.0 Å². The molecule has 0 fully saturated rings. The van der Waals surface area contributed by atoms with Crippen LogP contribution in [0.15, 0.2) is 24.3 Å². The Bertz CT molecular complexity index is 302. The van der Waals surface area contributed by atoms with E-state index in [0.717, 1.165) is 18.8 Å². The third kappa shape index (κ3) is 5.88. The lowest BCUT2D eigenvalue weighted by Crippen LogP contribution is -2.23. The predicted molar refractivity (Wildman–Crippen MR) is 76.2 cm³/mol. The summed E-state index contributed by atoms with van der Waals surface area (Å²) in [6.45, 7) is 6.69. The van der Waals surface area contributed by atoms with Crippen LogP contribution in [0.1, 0.15) is 50.7 Å². The van der Waals surface area contributed by atoms with Gasteiger partial charge in [0.1, 0.15) is 0 Å². The van der Waals surface area contributed by atoms with Crippen molar-refractivity contribution in [1.29, 1.82) is 0 Å². The molecule has 0 aliphatic carbocycles. The van der Waals surface area contributed by atoms with E-state index in [9.17, 15) is 0 Å². The van der Waals surface area contributed by atoms with E-state index in [1.165, 1.54) is 30.4 Å². The molecule has 2 N–H and O–H groups in total. The van der Waals surface area contributed by atoms with Crippen LogP contribution in [-0.2, 0) is 6.42 Å². The highest BCUT2D eigenvalue weighted by molar-refractivity contribution is 5.21. The minimum atomic E-state index is 0.359. The standard InChI is InChI=1S/C16H27N/c1-4-5-14(3)12-16(17)11-10-15-8-6-13(2)7-9-15/h6-9,14,16H,4-5,10-12,17H2,1-3H3. The lowest BCUT2D eigenvalue weighted by molar-refractivity contribution is 0.420. The van der Waals surface area contributed by atoms with Crippen LogP contribution in [0, 0.1) is 12.8 Å². The molecular formula is C16H27N. The molecule has 1 aromatic carbocycles. The first-order valence-corrected chi connectivity index (χ1v) is 6.93. The number of rotatable bonds is 7. The summed E-state index contributed by atoms with van der Waals surface area (Å²) in [6, 6.07) is 9.16. The highest BCUT2D eigenvalue weighted by atomic mass is 14.6. The number of nitrogens with two attached hydrogens (primary N) is 1. The Kier molecular flexibility index (Phi) is 6.28. The second kappa shape index (κ2) is 7.50. The van der Waals surface area contributed by atoms with Crippen LogP contribution in [0.3, 0.4) is 0 Å². The van der Waals surface area contributed by atoms with Gasteiger partial charge in [0, 0.05) is 6.04 Å². The lowest BCUT2D eigenvalue weighted by Gasteiger charge is -2.16. The van der Waals surface area contributed by atoms with Crippen molar-refractivity contribution in [2.75, 3.05) is 0 Å². The molecule has 17 heavy (non-hydrogen) atoms. The minimum absolute atomic E-state index is 0.359. The van der Waals surface area contributed by atoms with Gasteiger partial charge in [0.05, 0.1) is 0 Å². The summed E-state index contributed by atoms with van der Waals surface area (Å²) in [5, 5.41) is 0. The molecule has 1 rings (SSSR count). The van der Waals surface area contributed by atoms with Gasteiger partial charge in [-0.15, -0.1) is 0 Å². The first kappa shape index (κ1) is 14.2. The van der Waals surface area contributed by atoms with Crippen molar-refractivity contribution >= 4 is 0 Å². The second-order valence-corrected chi connectivity index (χ2v) is 5.41. The first-order chi connectivity index (χ1) is 8.11. The number of aryl methyl sites for hydroxylation is 2. The Morgan fingerprint density at radius 3 is 2.35 bits per heavy atom. The fourth-order valence-electron chi connectivity index (χ4n) is 2.35. The molecule has 1 aromatic rings. The van der Waals surface area contributed by atoms with Gasteiger partial charge in [0.25, 0.3) is 0 Å². The SMILES string of the molecule is CCCC(C)CC(N)CCc1ccc(C)cc1. The van der Waals surface area contributed by atoms with Gasteiger partial charge < -0.3 is 5.73 Å². The molecule has 0 bridgehead atoms. The van der Waals surface area contributed by atoms with E-state index in [2.05, 4.69) is 45.0 Å². The van der Waals surface area contributed by atoms with Crippen molar-refractivity contribution < 1.29 is 0 Å². The molecule has 2 atom stereocenters. The fourth-order valence-corrected chi connectivity index (χ4v) is 2.35. The maximum absolute atomic E-state index is 6.18. The summed E-state index contributed by atoms with van der Waals surface area (Å²) >= 11 is 0. The van der Waals surface area contributed by atoms with Crippen LogP contribution in [-0.4, -0.2) is 6.04 Å². The van der Waals surface area contributed by atoms with Gasteiger partial charge in [-0.1, -0.05) is 56.5 Å². The van der Waals surface area contributed by atoms with Crippen LogP contribution < -0.4 is 5.73 Å². The second-order valence-electron chi connectivity index (χ2n) is 5.41. The van der Waals surface area contributed by atoms with Gasteiger partial charge in [0.2, 0.25) is 0 Å². The van der Waals surface area contributed by atoms with E-state index in [1.807, 2.05) is 0 Å². The molecule has 0 heterocycles. The monoisotopic (exact) mass is 233 g/mol. The Morgan fingerprint density at radius 2 is 1.76 bits per heavy atom. The van der Waals surface area contributed by atoms with Crippen molar-refractivity contribution in [3.8, 4) is 0 Å². The van der Waals surface area contributed by atoms with E-state index >= 15 is 0 Å². The van der Waals surface area contributed by atoms with Gasteiger partial charge in [-0.25, -0.2) is 0 Å². The third-order valence-corrected chi connectivity index (χ3v) is 3.41. The number of benzene rings is 1. The maximum Gasteiger partial charge on any atom is 0.00445 e. The third-order valence-electron chi connectivity index (χ3n) is 3.41. The molecule has 1 heteroatoms. The van der Waals surface area contributed by atoms with Crippen LogP contribution in [0.4, 0.5) is 0 Å². The lowest BCUT2D eigenvalue weighted by atomic mass is 9.94. The molecule has 0 spiro atoms. The maximum atomic E-state index is 6.18. The molecule has 1 nitrogen and oxygen atoms in total. The molecule has 0 saturated carbocycles. The van der Waals surface area contributed by atoms with Gasteiger partial charge in [-0.3, -0.25) is 0 Å². The van der Waals surface area contributed by atoms with Crippen LogP contribution in [0.5, 0.6) is 0 Å². The predicted octanol–water partition coefficient (Wildman–Crippen LogP) is 4.08. The molecule has 96 valence electrons. The van der Waals surface area contributed by atoms with E-state index in [0.29, 0.717) is 6.04 Å². The molecule has 0 saturated heterocycles. The summed E-state index contributed by atoms with van der Waals surface area (Å²) in [5.74, 6) is 0.771. The number of hydrogen-bond acceptors (Lipinski definition) is 1. The Morgan fingerprint density at radius 1 is 1.12 bits per heavy atom. The first-order valence-electron chi connectivity index (χ1n) is 6.93. The Hall–Kier alpha value is -0.820. The van der Waals surface area contributed by atoms with Gasteiger partial charge in [-0.05, 0) is 37.7 Å². The summed E-state index contributed by atoms with van der Waals surface area (Å²) in [6.07, 6.45) is 5.96. The smallest absolute Gasteiger partial charge is 0.00445 e. The van der Waals surface area contributed by atoms with Gasteiger partial charge >= 0.3 is 0 Å². The molecule has 0 radical (unpaired) electrons. The average molecular weight is 233 g/mol. The van der Waals surface area contributed by atoms with Crippen molar-refractivity contribution in [3.63, 3.8) is 0 Å². The van der Waals surface area contributed by atoms with E-state index < -0.39 is 0 Å². The van der Waals surface area contributed by atoms with E-state index in [-0.39, 0.29) is 0 Å². The molecule has 2 unspecified atom stereocenters. The summed E-state index contributed by atoms with van der Waals surface area (Å²) < 4.78 is 0. The van der Waals surface area contributed by atoms with Crippen molar-refractivity contribution in [2.45, 2.75) is 58.9 Å². The summed E-state index contributed by atoms with van der Waals surface area (Å²) in [7, 11) is 0. The highest BCUT2D eigenvalue weighted by Gasteiger charge is 2.08. The van der Waals surface area contributed by atoms with E-state index in [1.54, 1.807) is 0 Å². The van der Waals surface area contributed by atoms with Crippen LogP contribution in [0.2, 0.25) is 0 Å². The summed E-state index contributed by atoms with van der Waals surface area (Å²) in [4.78, 5) is 0. The summed E-state index contributed by atoms with van der Waals surface area (Å²) in [5.41, 5.74) is 8.92. The fraction of sp³-hybridized carbons (Fsp3) is 0.625. The van der Waals surface area contributed by atoms with Crippen molar-refractivity contribution in [2.24, 2.45) is 11.7 Å². The van der Waals surface area contributed by atoms with Crippen molar-refractivity contribution in [3.05, 3.63) is 35.4 Å². The molecular weight excluding hydrogens is 206 g/mol. The molecule has 0 aromatic heterocycles. The zero-order chi connectivity index (χ0) is 12.7. The minimum Gasteiger partial charge on any atom is -0.328 e. The zero-order valence-electron chi connectivity index (χ0n) is 11.6. The zero-order valence-corrected chi connectivity index (χ0v) is 11.6. The van der Waals surface area contributed by atoms with Gasteiger partial charge in [-0.2, -0.15) is 0 Å². The van der Waals surface area contributed by atoms with Crippen molar-refractivity contribution in [1.82, 2.24) is 0 Å². The largest absolute Gasteiger partial charge is 0.328 e. The van der Waals surface area contributed by atoms with Crippen LogP contribution >= 0.6 is 0 Å². The quantitative estimate of drug-likeness (QED) is 0.754. The number of hydrogen-bond donors (Lipinski definition) is 1. The highest BCUT2D eigenvalue weighted by Crippen LogP contribution is 2.15. The van der Waals surface area contributed by atoms with Crippen LogP contribution in [0.25, 0.3) is 0 Å². The van der Waals surface area contributed by atoms with Gasteiger partial charge in [0.15, 0.2) is 0 Å². The Balaban J connectivity index is 2.27. The average Bonchev–Trinajstić information content (AvgIpc) is 2.28. The molecule has 0 amide bonds. The molecule has 0 aliphatic heterocycles.